The van der Waals surface area contributed by atoms with Crippen molar-refractivity contribution < 1.29 is 9.53 Å². The number of carbonyl (C=O) groups excluding carboxylic acids is 1. The van der Waals surface area contributed by atoms with Gasteiger partial charge in [-0.2, -0.15) is 0 Å². The van der Waals surface area contributed by atoms with Crippen LogP contribution < -0.4 is 4.74 Å². The topological polar surface area (TPSA) is 29.5 Å². The van der Waals surface area contributed by atoms with E-state index in [-0.39, 0.29) is 5.78 Å². The lowest BCUT2D eigenvalue weighted by Crippen LogP contribution is -2.16. The third-order valence-corrected chi connectivity index (χ3v) is 2.94. The molecule has 0 atom stereocenters. The molecule has 20 heavy (non-hydrogen) atoms. The molecule has 3 heteroatoms. The van der Waals surface area contributed by atoms with Crippen LogP contribution in [0.25, 0.3) is 0 Å². The SMILES string of the molecule is CN(C)CCC(=O)c1ccc(Oc2ccccc2)cc1. The van der Waals surface area contributed by atoms with Crippen LogP contribution in [0.3, 0.4) is 0 Å². The van der Waals surface area contributed by atoms with Gasteiger partial charge in [0.1, 0.15) is 11.5 Å². The standard InChI is InChI=1S/C17H19NO2/c1-18(2)13-12-17(19)14-8-10-16(11-9-14)20-15-6-4-3-5-7-15/h3-11H,12-13H2,1-2H3. The summed E-state index contributed by atoms with van der Waals surface area (Å²) in [6.07, 6.45) is 0.534. The molecule has 0 aliphatic rings. The van der Waals surface area contributed by atoms with Crippen LogP contribution in [0.1, 0.15) is 16.8 Å². The first kappa shape index (κ1) is 14.3. The number of carbonyl (C=O) groups is 1. The third kappa shape index (κ3) is 4.21. The lowest BCUT2D eigenvalue weighted by atomic mass is 10.1. The van der Waals surface area contributed by atoms with Gasteiger partial charge < -0.3 is 9.64 Å². The summed E-state index contributed by atoms with van der Waals surface area (Å²) in [6.45, 7) is 0.765. The Morgan fingerprint density at radius 3 is 2.15 bits per heavy atom. The van der Waals surface area contributed by atoms with Gasteiger partial charge in [-0.15, -0.1) is 0 Å². The van der Waals surface area contributed by atoms with Crippen LogP contribution in [-0.4, -0.2) is 31.3 Å². The van der Waals surface area contributed by atoms with E-state index in [9.17, 15) is 4.79 Å². The quantitative estimate of drug-likeness (QED) is 0.750. The van der Waals surface area contributed by atoms with Gasteiger partial charge in [-0.05, 0) is 50.5 Å². The molecule has 0 saturated heterocycles. The number of hydrogen-bond donors (Lipinski definition) is 0. The summed E-state index contributed by atoms with van der Waals surface area (Å²) >= 11 is 0. The monoisotopic (exact) mass is 269 g/mol. The van der Waals surface area contributed by atoms with Crippen LogP contribution in [0.2, 0.25) is 0 Å². The van der Waals surface area contributed by atoms with E-state index in [1.54, 1.807) is 0 Å². The zero-order valence-corrected chi connectivity index (χ0v) is 11.9. The van der Waals surface area contributed by atoms with E-state index in [0.717, 1.165) is 23.6 Å². The maximum absolute atomic E-state index is 12.0. The molecular formula is C17H19NO2. The van der Waals surface area contributed by atoms with Crippen molar-refractivity contribution >= 4 is 5.78 Å². The minimum atomic E-state index is 0.157. The normalized spacial score (nSPS) is 10.6. The van der Waals surface area contributed by atoms with E-state index in [4.69, 9.17) is 4.74 Å². The molecular weight excluding hydrogens is 250 g/mol. The van der Waals surface area contributed by atoms with Gasteiger partial charge in [-0.25, -0.2) is 0 Å². The third-order valence-electron chi connectivity index (χ3n) is 2.94. The Kier molecular flexibility index (Phi) is 4.91. The number of nitrogens with zero attached hydrogens (tertiary/aromatic N) is 1. The average Bonchev–Trinajstić information content (AvgIpc) is 2.46. The van der Waals surface area contributed by atoms with Crippen LogP contribution in [0, 0.1) is 0 Å². The summed E-state index contributed by atoms with van der Waals surface area (Å²) < 4.78 is 5.69. The second kappa shape index (κ2) is 6.87. The molecule has 0 heterocycles. The summed E-state index contributed by atoms with van der Waals surface area (Å²) in [5, 5.41) is 0. The van der Waals surface area contributed by atoms with E-state index in [2.05, 4.69) is 0 Å². The predicted octanol–water partition coefficient (Wildman–Crippen LogP) is 3.61. The van der Waals surface area contributed by atoms with Crippen LogP contribution in [0.4, 0.5) is 0 Å². The Balaban J connectivity index is 1.97. The molecule has 0 fully saturated rings. The van der Waals surface area contributed by atoms with Gasteiger partial charge in [0.25, 0.3) is 0 Å². The van der Waals surface area contributed by atoms with Gasteiger partial charge >= 0.3 is 0 Å². The number of benzene rings is 2. The van der Waals surface area contributed by atoms with Crippen LogP contribution in [0.5, 0.6) is 11.5 Å². The summed E-state index contributed by atoms with van der Waals surface area (Å²) in [7, 11) is 3.92. The molecule has 0 aliphatic carbocycles. The molecule has 0 spiro atoms. The van der Waals surface area contributed by atoms with Gasteiger partial charge in [-0.1, -0.05) is 18.2 Å². The summed E-state index contributed by atoms with van der Waals surface area (Å²) in [5.74, 6) is 1.68. The van der Waals surface area contributed by atoms with Gasteiger partial charge in [0, 0.05) is 18.5 Å². The fourth-order valence-electron chi connectivity index (χ4n) is 1.80. The van der Waals surface area contributed by atoms with Crippen LogP contribution in [0.15, 0.2) is 54.6 Å². The number of Topliss-reactive ketones (excluding diaryl/α,β-unsaturated/α-hetero) is 1. The molecule has 0 saturated carbocycles. The lowest BCUT2D eigenvalue weighted by molar-refractivity contribution is 0.0972. The average molecular weight is 269 g/mol. The van der Waals surface area contributed by atoms with Crippen molar-refractivity contribution in [2.24, 2.45) is 0 Å². The molecule has 2 aromatic rings. The van der Waals surface area contributed by atoms with Crippen LogP contribution in [-0.2, 0) is 0 Å². The van der Waals surface area contributed by atoms with E-state index in [1.807, 2.05) is 73.6 Å². The number of para-hydroxylation sites is 1. The van der Waals surface area contributed by atoms with E-state index in [0.29, 0.717) is 6.42 Å². The van der Waals surface area contributed by atoms with Gasteiger partial charge in [0.15, 0.2) is 5.78 Å². The maximum atomic E-state index is 12.0. The Hall–Kier alpha value is -2.13. The van der Waals surface area contributed by atoms with Crippen molar-refractivity contribution in [2.75, 3.05) is 20.6 Å². The second-order valence-electron chi connectivity index (χ2n) is 4.92. The minimum Gasteiger partial charge on any atom is -0.457 e. The molecule has 2 rings (SSSR count). The molecule has 0 amide bonds. The minimum absolute atomic E-state index is 0.157. The molecule has 0 aliphatic heterocycles. The zero-order valence-electron chi connectivity index (χ0n) is 11.9. The molecule has 0 unspecified atom stereocenters. The van der Waals surface area contributed by atoms with Crippen molar-refractivity contribution in [2.45, 2.75) is 6.42 Å². The first-order chi connectivity index (χ1) is 9.65. The van der Waals surface area contributed by atoms with Crippen molar-refractivity contribution in [3.8, 4) is 11.5 Å². The summed E-state index contributed by atoms with van der Waals surface area (Å²) in [4.78, 5) is 14.0. The molecule has 2 aromatic carbocycles. The van der Waals surface area contributed by atoms with Gasteiger partial charge in [0.05, 0.1) is 0 Å². The van der Waals surface area contributed by atoms with Gasteiger partial charge in [0.2, 0.25) is 0 Å². The molecule has 104 valence electrons. The van der Waals surface area contributed by atoms with Crippen molar-refractivity contribution in [3.63, 3.8) is 0 Å². The highest BCUT2D eigenvalue weighted by Gasteiger charge is 2.06. The largest absolute Gasteiger partial charge is 0.457 e. The highest BCUT2D eigenvalue weighted by Crippen LogP contribution is 2.21. The number of ketones is 1. The Bertz CT molecular complexity index is 547. The van der Waals surface area contributed by atoms with Crippen molar-refractivity contribution in [3.05, 3.63) is 60.2 Å². The Labute approximate surface area is 119 Å². The highest BCUT2D eigenvalue weighted by molar-refractivity contribution is 5.96. The van der Waals surface area contributed by atoms with Gasteiger partial charge in [-0.3, -0.25) is 4.79 Å². The van der Waals surface area contributed by atoms with E-state index < -0.39 is 0 Å². The molecule has 0 radical (unpaired) electrons. The first-order valence-corrected chi connectivity index (χ1v) is 6.66. The summed E-state index contributed by atoms with van der Waals surface area (Å²) in [6, 6.07) is 16.9. The van der Waals surface area contributed by atoms with Crippen molar-refractivity contribution in [1.29, 1.82) is 0 Å². The lowest BCUT2D eigenvalue weighted by Gasteiger charge is -2.09. The number of hydrogen-bond acceptors (Lipinski definition) is 3. The fourth-order valence-corrected chi connectivity index (χ4v) is 1.80. The predicted molar refractivity (Wildman–Crippen MR) is 80.5 cm³/mol. The highest BCUT2D eigenvalue weighted by atomic mass is 16.5. The van der Waals surface area contributed by atoms with E-state index in [1.165, 1.54) is 0 Å². The molecule has 0 aromatic heterocycles. The number of rotatable bonds is 6. The Morgan fingerprint density at radius 1 is 0.950 bits per heavy atom. The first-order valence-electron chi connectivity index (χ1n) is 6.66. The van der Waals surface area contributed by atoms with E-state index >= 15 is 0 Å². The Morgan fingerprint density at radius 2 is 1.55 bits per heavy atom. The summed E-state index contributed by atoms with van der Waals surface area (Å²) in [5.41, 5.74) is 0.729. The zero-order chi connectivity index (χ0) is 14.4. The maximum Gasteiger partial charge on any atom is 0.164 e. The fraction of sp³-hybridized carbons (Fsp3) is 0.235. The number of ether oxygens (including phenoxy) is 1. The molecule has 0 bridgehead atoms. The molecule has 0 N–H and O–H groups in total. The second-order valence-corrected chi connectivity index (χ2v) is 4.92. The smallest absolute Gasteiger partial charge is 0.164 e. The van der Waals surface area contributed by atoms with Crippen LogP contribution >= 0.6 is 0 Å². The molecule has 3 nitrogen and oxygen atoms in total. The van der Waals surface area contributed by atoms with Crippen molar-refractivity contribution in [1.82, 2.24) is 4.90 Å².